The highest BCUT2D eigenvalue weighted by atomic mass is 19.1. The molecule has 2 heterocycles. The van der Waals surface area contributed by atoms with Gasteiger partial charge in [-0.3, -0.25) is 9.69 Å². The second-order valence-corrected chi connectivity index (χ2v) is 5.51. The fourth-order valence-electron chi connectivity index (χ4n) is 2.64. The molecule has 0 radical (unpaired) electrons. The molecule has 0 unspecified atom stereocenters. The number of carbonyl (C=O) groups excluding carboxylic acids is 1. The van der Waals surface area contributed by atoms with Crippen molar-refractivity contribution in [1.82, 2.24) is 24.8 Å². The van der Waals surface area contributed by atoms with Crippen LogP contribution in [0.5, 0.6) is 0 Å². The van der Waals surface area contributed by atoms with Gasteiger partial charge in [-0.25, -0.2) is 13.5 Å². The third-order valence-corrected chi connectivity index (χ3v) is 3.91. The van der Waals surface area contributed by atoms with E-state index in [2.05, 4.69) is 15.2 Å². The van der Waals surface area contributed by atoms with Gasteiger partial charge in [0.25, 0.3) is 0 Å². The standard InChI is InChI=1S/C15H17F2N5O/c1-11(23)21-7-5-20(6-8-21)9-12-10-22(19-18-12)15-13(16)3-2-4-14(15)17/h2-4,10H,5-9H2,1H3. The quantitative estimate of drug-likeness (QED) is 0.853. The van der Waals surface area contributed by atoms with Gasteiger partial charge in [-0.1, -0.05) is 11.3 Å². The Morgan fingerprint density at radius 2 is 1.83 bits per heavy atom. The number of hydrogen-bond donors (Lipinski definition) is 0. The van der Waals surface area contributed by atoms with Crippen LogP contribution in [0.4, 0.5) is 8.78 Å². The van der Waals surface area contributed by atoms with Crippen LogP contribution in [0.25, 0.3) is 5.69 Å². The molecule has 2 aromatic rings. The average molecular weight is 321 g/mol. The lowest BCUT2D eigenvalue weighted by Gasteiger charge is -2.33. The number of nitrogens with zero attached hydrogens (tertiary/aromatic N) is 5. The molecule has 1 aliphatic heterocycles. The molecule has 0 saturated carbocycles. The Hall–Kier alpha value is -2.35. The first-order valence-electron chi connectivity index (χ1n) is 7.38. The normalized spacial score (nSPS) is 15.9. The van der Waals surface area contributed by atoms with Gasteiger partial charge in [-0.05, 0) is 12.1 Å². The largest absolute Gasteiger partial charge is 0.340 e. The predicted octanol–water partition coefficient (Wildman–Crippen LogP) is 1.21. The summed E-state index contributed by atoms with van der Waals surface area (Å²) in [5, 5.41) is 7.79. The molecule has 122 valence electrons. The SMILES string of the molecule is CC(=O)N1CCN(Cc2cn(-c3c(F)cccc3F)nn2)CC1. The first-order valence-corrected chi connectivity index (χ1v) is 7.38. The van der Waals surface area contributed by atoms with Crippen molar-refractivity contribution in [2.24, 2.45) is 0 Å². The number of piperazine rings is 1. The zero-order valence-electron chi connectivity index (χ0n) is 12.7. The van der Waals surface area contributed by atoms with Gasteiger partial charge in [0, 0.05) is 39.6 Å². The first-order chi connectivity index (χ1) is 11.0. The van der Waals surface area contributed by atoms with E-state index in [1.54, 1.807) is 11.8 Å². The lowest BCUT2D eigenvalue weighted by atomic mass is 10.3. The molecule has 0 bridgehead atoms. The summed E-state index contributed by atoms with van der Waals surface area (Å²) in [5.74, 6) is -1.29. The van der Waals surface area contributed by atoms with E-state index in [4.69, 9.17) is 0 Å². The van der Waals surface area contributed by atoms with Crippen molar-refractivity contribution in [1.29, 1.82) is 0 Å². The zero-order chi connectivity index (χ0) is 16.4. The summed E-state index contributed by atoms with van der Waals surface area (Å²) in [5.41, 5.74) is 0.400. The van der Waals surface area contributed by atoms with Crippen LogP contribution in [-0.4, -0.2) is 56.9 Å². The fraction of sp³-hybridized carbons (Fsp3) is 0.400. The maximum Gasteiger partial charge on any atom is 0.219 e. The van der Waals surface area contributed by atoms with Crippen LogP contribution in [-0.2, 0) is 11.3 Å². The van der Waals surface area contributed by atoms with Crippen molar-refractivity contribution in [2.75, 3.05) is 26.2 Å². The molecule has 0 spiro atoms. The van der Waals surface area contributed by atoms with Crippen molar-refractivity contribution < 1.29 is 13.6 Å². The van der Waals surface area contributed by atoms with Crippen molar-refractivity contribution in [3.8, 4) is 5.69 Å². The number of aromatic nitrogens is 3. The Morgan fingerprint density at radius 1 is 1.17 bits per heavy atom. The number of halogens is 2. The van der Waals surface area contributed by atoms with Gasteiger partial charge in [0.1, 0.15) is 5.69 Å². The molecular formula is C15H17F2N5O. The lowest BCUT2D eigenvalue weighted by molar-refractivity contribution is -0.130. The third-order valence-electron chi connectivity index (χ3n) is 3.91. The second kappa shape index (κ2) is 6.41. The first kappa shape index (κ1) is 15.5. The Kier molecular flexibility index (Phi) is 4.33. The summed E-state index contributed by atoms with van der Waals surface area (Å²) in [6, 6.07) is 3.67. The molecule has 1 aromatic heterocycles. The number of amides is 1. The molecule has 3 rings (SSSR count). The van der Waals surface area contributed by atoms with E-state index in [9.17, 15) is 13.6 Å². The molecule has 1 aromatic carbocycles. The molecule has 1 amide bonds. The van der Waals surface area contributed by atoms with Crippen LogP contribution in [0.1, 0.15) is 12.6 Å². The summed E-state index contributed by atoms with van der Waals surface area (Å²) in [6.07, 6.45) is 1.53. The third kappa shape index (κ3) is 3.37. The number of para-hydroxylation sites is 1. The van der Waals surface area contributed by atoms with E-state index in [-0.39, 0.29) is 11.6 Å². The topological polar surface area (TPSA) is 54.3 Å². The minimum atomic E-state index is -0.684. The smallest absolute Gasteiger partial charge is 0.219 e. The Bertz CT molecular complexity index is 689. The van der Waals surface area contributed by atoms with Crippen LogP contribution in [0, 0.1) is 11.6 Å². The summed E-state index contributed by atoms with van der Waals surface area (Å²) >= 11 is 0. The number of benzene rings is 1. The monoisotopic (exact) mass is 321 g/mol. The van der Waals surface area contributed by atoms with Gasteiger partial charge in [-0.15, -0.1) is 5.10 Å². The Labute approximate surface area is 132 Å². The van der Waals surface area contributed by atoms with Gasteiger partial charge in [-0.2, -0.15) is 0 Å². The van der Waals surface area contributed by atoms with Crippen LogP contribution in [0.3, 0.4) is 0 Å². The molecule has 6 nitrogen and oxygen atoms in total. The summed E-state index contributed by atoms with van der Waals surface area (Å²) in [6.45, 7) is 4.91. The number of carbonyl (C=O) groups is 1. The van der Waals surface area contributed by atoms with Crippen molar-refractivity contribution in [3.05, 3.63) is 41.7 Å². The zero-order valence-corrected chi connectivity index (χ0v) is 12.7. The molecule has 0 aliphatic carbocycles. The lowest BCUT2D eigenvalue weighted by Crippen LogP contribution is -2.47. The van der Waals surface area contributed by atoms with Crippen LogP contribution in [0.2, 0.25) is 0 Å². The molecular weight excluding hydrogens is 304 g/mol. The van der Waals surface area contributed by atoms with Gasteiger partial charge >= 0.3 is 0 Å². The van der Waals surface area contributed by atoms with Gasteiger partial charge in [0.2, 0.25) is 5.91 Å². The van der Waals surface area contributed by atoms with E-state index in [0.29, 0.717) is 25.3 Å². The maximum absolute atomic E-state index is 13.7. The highest BCUT2D eigenvalue weighted by Gasteiger charge is 2.20. The minimum absolute atomic E-state index is 0.0747. The Balaban J connectivity index is 1.68. The van der Waals surface area contributed by atoms with Gasteiger partial charge < -0.3 is 4.90 Å². The molecule has 23 heavy (non-hydrogen) atoms. The van der Waals surface area contributed by atoms with E-state index in [1.807, 2.05) is 0 Å². The van der Waals surface area contributed by atoms with E-state index >= 15 is 0 Å². The van der Waals surface area contributed by atoms with Crippen molar-refractivity contribution >= 4 is 5.91 Å². The average Bonchev–Trinajstić information content (AvgIpc) is 2.96. The minimum Gasteiger partial charge on any atom is -0.340 e. The molecule has 0 N–H and O–H groups in total. The maximum atomic E-state index is 13.7. The van der Waals surface area contributed by atoms with Crippen molar-refractivity contribution in [3.63, 3.8) is 0 Å². The molecule has 1 aliphatic rings. The van der Waals surface area contributed by atoms with Crippen LogP contribution >= 0.6 is 0 Å². The summed E-state index contributed by atoms with van der Waals surface area (Å²) < 4.78 is 28.6. The number of hydrogen-bond acceptors (Lipinski definition) is 4. The summed E-state index contributed by atoms with van der Waals surface area (Å²) in [4.78, 5) is 15.2. The summed E-state index contributed by atoms with van der Waals surface area (Å²) in [7, 11) is 0. The van der Waals surface area contributed by atoms with E-state index in [0.717, 1.165) is 17.8 Å². The highest BCUT2D eigenvalue weighted by molar-refractivity contribution is 5.73. The van der Waals surface area contributed by atoms with Crippen molar-refractivity contribution in [2.45, 2.75) is 13.5 Å². The molecule has 8 heteroatoms. The second-order valence-electron chi connectivity index (χ2n) is 5.51. The van der Waals surface area contributed by atoms with E-state index in [1.165, 1.54) is 24.4 Å². The van der Waals surface area contributed by atoms with Crippen LogP contribution < -0.4 is 0 Å². The molecule has 0 atom stereocenters. The highest BCUT2D eigenvalue weighted by Crippen LogP contribution is 2.17. The predicted molar refractivity (Wildman–Crippen MR) is 78.8 cm³/mol. The van der Waals surface area contributed by atoms with Gasteiger partial charge in [0.15, 0.2) is 11.6 Å². The molecule has 1 fully saturated rings. The van der Waals surface area contributed by atoms with Gasteiger partial charge in [0.05, 0.1) is 11.9 Å². The fourth-order valence-corrected chi connectivity index (χ4v) is 2.64. The number of rotatable bonds is 3. The van der Waals surface area contributed by atoms with E-state index < -0.39 is 11.6 Å². The Morgan fingerprint density at radius 3 is 2.43 bits per heavy atom. The molecule has 1 saturated heterocycles. The van der Waals surface area contributed by atoms with Crippen LogP contribution in [0.15, 0.2) is 24.4 Å².